The quantitative estimate of drug-likeness (QED) is 0.402. The molecule has 0 saturated heterocycles. The van der Waals surface area contributed by atoms with Gasteiger partial charge in [0.05, 0.1) is 12.8 Å². The number of ether oxygens (including phenoxy) is 2. The molecule has 6 nitrogen and oxygen atoms in total. The summed E-state index contributed by atoms with van der Waals surface area (Å²) in [5.41, 5.74) is 4.57. The molecule has 30 heavy (non-hydrogen) atoms. The van der Waals surface area contributed by atoms with E-state index in [0.717, 1.165) is 11.1 Å². The molecule has 3 aromatic rings. The maximum Gasteiger partial charge on any atom is 0.271 e. The van der Waals surface area contributed by atoms with Gasteiger partial charge in [0.25, 0.3) is 5.91 Å². The fourth-order valence-electron chi connectivity index (χ4n) is 2.58. The average Bonchev–Trinajstić information content (AvgIpc) is 2.75. The van der Waals surface area contributed by atoms with Crippen LogP contribution >= 0.6 is 11.6 Å². The van der Waals surface area contributed by atoms with Crippen molar-refractivity contribution in [1.29, 1.82) is 0 Å². The maximum absolute atomic E-state index is 12.1. The Kier molecular flexibility index (Phi) is 7.29. The third-order valence-electron chi connectivity index (χ3n) is 4.08. The molecule has 2 N–H and O–H groups in total. The summed E-state index contributed by atoms with van der Waals surface area (Å²) in [5, 5.41) is 13.9. The minimum absolute atomic E-state index is 0.0943. The van der Waals surface area contributed by atoms with Crippen molar-refractivity contribution in [3.63, 3.8) is 0 Å². The zero-order chi connectivity index (χ0) is 21.3. The van der Waals surface area contributed by atoms with E-state index in [-0.39, 0.29) is 11.7 Å². The molecule has 3 aromatic carbocycles. The molecule has 0 saturated carbocycles. The molecule has 0 radical (unpaired) electrons. The molecule has 7 heteroatoms. The molecule has 0 unspecified atom stereocenters. The summed E-state index contributed by atoms with van der Waals surface area (Å²) < 4.78 is 11.6. The molecule has 0 aliphatic heterocycles. The van der Waals surface area contributed by atoms with E-state index < -0.39 is 0 Å². The molecule has 154 valence electrons. The Morgan fingerprint density at radius 3 is 2.47 bits per heavy atom. The number of nitrogens with one attached hydrogen (secondary N) is 1. The van der Waals surface area contributed by atoms with Crippen molar-refractivity contribution in [2.75, 3.05) is 6.61 Å². The van der Waals surface area contributed by atoms with Gasteiger partial charge in [-0.1, -0.05) is 23.7 Å². The van der Waals surface area contributed by atoms with Crippen LogP contribution in [0.15, 0.2) is 71.8 Å². The van der Waals surface area contributed by atoms with Gasteiger partial charge in [0, 0.05) is 10.6 Å². The van der Waals surface area contributed by atoms with Crippen LogP contribution in [0.2, 0.25) is 5.02 Å². The lowest BCUT2D eigenvalue weighted by Crippen LogP contribution is -2.17. The van der Waals surface area contributed by atoms with E-state index in [9.17, 15) is 9.90 Å². The second-order valence-electron chi connectivity index (χ2n) is 6.30. The van der Waals surface area contributed by atoms with Gasteiger partial charge in [0.15, 0.2) is 11.5 Å². The molecular weight excluding hydrogens is 404 g/mol. The van der Waals surface area contributed by atoms with Crippen molar-refractivity contribution in [2.24, 2.45) is 5.10 Å². The van der Waals surface area contributed by atoms with Gasteiger partial charge in [-0.05, 0) is 72.6 Å². The summed E-state index contributed by atoms with van der Waals surface area (Å²) in [5.74, 6) is 0.911. The molecular formula is C23H21ClN2O4. The van der Waals surface area contributed by atoms with Crippen molar-refractivity contribution < 1.29 is 19.4 Å². The van der Waals surface area contributed by atoms with E-state index in [1.54, 1.807) is 12.1 Å². The van der Waals surface area contributed by atoms with Crippen LogP contribution in [0.1, 0.15) is 28.4 Å². The van der Waals surface area contributed by atoms with Gasteiger partial charge in [-0.3, -0.25) is 4.79 Å². The number of benzene rings is 3. The minimum Gasteiger partial charge on any atom is -0.508 e. The number of phenolic OH excluding ortho intramolecular Hbond substituents is 1. The first kappa shape index (κ1) is 21.2. The van der Waals surface area contributed by atoms with Crippen LogP contribution in [-0.2, 0) is 6.61 Å². The van der Waals surface area contributed by atoms with E-state index >= 15 is 0 Å². The molecule has 0 aromatic heterocycles. The van der Waals surface area contributed by atoms with Crippen LogP contribution in [0.3, 0.4) is 0 Å². The number of hydrazone groups is 1. The van der Waals surface area contributed by atoms with Crippen LogP contribution in [-0.4, -0.2) is 23.8 Å². The lowest BCUT2D eigenvalue weighted by atomic mass is 10.2. The molecule has 1 amide bonds. The van der Waals surface area contributed by atoms with E-state index in [2.05, 4.69) is 10.5 Å². The monoisotopic (exact) mass is 424 g/mol. The normalized spacial score (nSPS) is 10.7. The van der Waals surface area contributed by atoms with Crippen molar-refractivity contribution in [1.82, 2.24) is 5.43 Å². The summed E-state index contributed by atoms with van der Waals surface area (Å²) in [4.78, 5) is 12.1. The van der Waals surface area contributed by atoms with Crippen LogP contribution in [0, 0.1) is 0 Å². The number of carbonyl (C=O) groups excluding carboxylic acids is 1. The minimum atomic E-state index is -0.376. The Morgan fingerprint density at radius 1 is 1.03 bits per heavy atom. The first-order valence-electron chi connectivity index (χ1n) is 9.31. The van der Waals surface area contributed by atoms with Crippen LogP contribution < -0.4 is 14.9 Å². The highest BCUT2D eigenvalue weighted by Crippen LogP contribution is 2.29. The Morgan fingerprint density at radius 2 is 1.77 bits per heavy atom. The number of nitrogens with zero attached hydrogens (tertiary/aromatic N) is 1. The number of amides is 1. The average molecular weight is 425 g/mol. The van der Waals surface area contributed by atoms with Crippen molar-refractivity contribution >= 4 is 23.7 Å². The maximum atomic E-state index is 12.1. The van der Waals surface area contributed by atoms with Gasteiger partial charge in [0.2, 0.25) is 0 Å². The van der Waals surface area contributed by atoms with Crippen LogP contribution in [0.4, 0.5) is 0 Å². The summed E-state index contributed by atoms with van der Waals surface area (Å²) in [6, 6.07) is 18.7. The molecule has 0 atom stereocenters. The van der Waals surface area contributed by atoms with E-state index in [1.807, 2.05) is 37.3 Å². The van der Waals surface area contributed by atoms with Crippen LogP contribution in [0.25, 0.3) is 0 Å². The topological polar surface area (TPSA) is 80.2 Å². The first-order valence-corrected chi connectivity index (χ1v) is 9.69. The fraction of sp³-hybridized carbons (Fsp3) is 0.130. The lowest BCUT2D eigenvalue weighted by Gasteiger charge is -2.12. The number of rotatable bonds is 8. The number of carbonyl (C=O) groups is 1. The molecule has 0 fully saturated rings. The van der Waals surface area contributed by atoms with E-state index in [4.69, 9.17) is 21.1 Å². The predicted molar refractivity (Wildman–Crippen MR) is 117 cm³/mol. The summed E-state index contributed by atoms with van der Waals surface area (Å²) in [6.45, 7) is 2.75. The highest BCUT2D eigenvalue weighted by Gasteiger charge is 2.07. The number of phenols is 1. The molecule has 3 rings (SSSR count). The van der Waals surface area contributed by atoms with Crippen molar-refractivity contribution in [2.45, 2.75) is 13.5 Å². The predicted octanol–water partition coefficient (Wildman–Crippen LogP) is 4.79. The third kappa shape index (κ3) is 5.99. The van der Waals surface area contributed by atoms with Crippen LogP contribution in [0.5, 0.6) is 17.2 Å². The van der Waals surface area contributed by atoms with Gasteiger partial charge < -0.3 is 14.6 Å². The molecule has 0 spiro atoms. The Balaban J connectivity index is 1.64. The van der Waals surface area contributed by atoms with Gasteiger partial charge in [0.1, 0.15) is 12.4 Å². The standard InChI is InChI=1S/C23H21ClN2O4/c1-2-29-22-13-17(14-25-26-23(28)18-6-10-20(27)11-7-18)5-12-21(22)30-15-16-3-8-19(24)9-4-16/h3-14,27H,2,15H2,1H3,(H,26,28). The Hall–Kier alpha value is -3.51. The van der Waals surface area contributed by atoms with Crippen molar-refractivity contribution in [3.05, 3.63) is 88.4 Å². The smallest absolute Gasteiger partial charge is 0.271 e. The zero-order valence-electron chi connectivity index (χ0n) is 16.3. The summed E-state index contributed by atoms with van der Waals surface area (Å²) >= 11 is 5.91. The van der Waals surface area contributed by atoms with Crippen molar-refractivity contribution in [3.8, 4) is 17.2 Å². The molecule has 0 bridgehead atoms. The third-order valence-corrected chi connectivity index (χ3v) is 4.34. The summed E-state index contributed by atoms with van der Waals surface area (Å²) in [6.07, 6.45) is 1.52. The van der Waals surface area contributed by atoms with E-state index in [0.29, 0.717) is 35.3 Å². The molecule has 0 aliphatic carbocycles. The molecule has 0 aliphatic rings. The fourth-order valence-corrected chi connectivity index (χ4v) is 2.70. The first-order chi connectivity index (χ1) is 14.5. The number of halogens is 1. The van der Waals surface area contributed by atoms with Gasteiger partial charge in [-0.2, -0.15) is 5.10 Å². The van der Waals surface area contributed by atoms with E-state index in [1.165, 1.54) is 30.5 Å². The zero-order valence-corrected chi connectivity index (χ0v) is 17.1. The number of aromatic hydroxyl groups is 1. The van der Waals surface area contributed by atoms with Gasteiger partial charge >= 0.3 is 0 Å². The molecule has 0 heterocycles. The highest BCUT2D eigenvalue weighted by atomic mass is 35.5. The Bertz CT molecular complexity index is 1020. The number of hydrogen-bond acceptors (Lipinski definition) is 5. The SMILES string of the molecule is CCOc1cc(C=NNC(=O)c2ccc(O)cc2)ccc1OCc1ccc(Cl)cc1. The second-order valence-corrected chi connectivity index (χ2v) is 6.74. The largest absolute Gasteiger partial charge is 0.508 e. The Labute approximate surface area is 179 Å². The highest BCUT2D eigenvalue weighted by molar-refractivity contribution is 6.30. The van der Waals surface area contributed by atoms with Gasteiger partial charge in [-0.25, -0.2) is 5.43 Å². The second kappa shape index (κ2) is 10.3. The summed E-state index contributed by atoms with van der Waals surface area (Å²) in [7, 11) is 0. The number of hydrogen-bond donors (Lipinski definition) is 2. The lowest BCUT2D eigenvalue weighted by molar-refractivity contribution is 0.0955. The van der Waals surface area contributed by atoms with Gasteiger partial charge in [-0.15, -0.1) is 0 Å².